The number of para-hydroxylation sites is 1. The maximum absolute atomic E-state index is 12.7. The fourth-order valence-corrected chi connectivity index (χ4v) is 2.73. The third-order valence-electron chi connectivity index (χ3n) is 4.18. The molecule has 1 amide bonds. The number of hydrogen-bond acceptors (Lipinski definition) is 3. The lowest BCUT2D eigenvalue weighted by Crippen LogP contribution is -2.22. The van der Waals surface area contributed by atoms with Crippen molar-refractivity contribution >= 4 is 17.4 Å². The second-order valence-corrected chi connectivity index (χ2v) is 6.35. The number of nitrogens with one attached hydrogen (secondary N) is 1. The van der Waals surface area contributed by atoms with Gasteiger partial charge in [-0.2, -0.15) is 0 Å². The van der Waals surface area contributed by atoms with E-state index in [9.17, 15) is 9.59 Å². The summed E-state index contributed by atoms with van der Waals surface area (Å²) >= 11 is 0. The summed E-state index contributed by atoms with van der Waals surface area (Å²) in [5, 5.41) is 2.78. The van der Waals surface area contributed by atoms with Crippen LogP contribution >= 0.6 is 0 Å². The highest BCUT2D eigenvalue weighted by Gasteiger charge is 2.15. The van der Waals surface area contributed by atoms with E-state index in [0.717, 1.165) is 11.1 Å². The lowest BCUT2D eigenvalue weighted by molar-refractivity contribution is -0.118. The second kappa shape index (κ2) is 8.32. The van der Waals surface area contributed by atoms with Gasteiger partial charge >= 0.3 is 0 Å². The van der Waals surface area contributed by atoms with Gasteiger partial charge in [0.2, 0.25) is 0 Å². The van der Waals surface area contributed by atoms with Gasteiger partial charge in [-0.3, -0.25) is 9.59 Å². The molecule has 1 N–H and O–H groups in total. The van der Waals surface area contributed by atoms with E-state index < -0.39 is 0 Å². The van der Waals surface area contributed by atoms with E-state index in [0.29, 0.717) is 22.6 Å². The molecule has 0 fully saturated rings. The fraction of sp³-hybridized carbons (Fsp3) is 0.130. The first-order chi connectivity index (χ1) is 13.0. The number of carbonyl (C=O) groups is 2. The quantitative estimate of drug-likeness (QED) is 0.657. The Morgan fingerprint density at radius 1 is 0.889 bits per heavy atom. The molecular formula is C23H21NO3. The first-order valence-electron chi connectivity index (χ1n) is 8.73. The number of rotatable bonds is 6. The van der Waals surface area contributed by atoms with Crippen LogP contribution in [0.5, 0.6) is 5.75 Å². The minimum absolute atomic E-state index is 0.127. The van der Waals surface area contributed by atoms with Crippen molar-refractivity contribution in [1.82, 2.24) is 0 Å². The average Bonchev–Trinajstić information content (AvgIpc) is 2.69. The van der Waals surface area contributed by atoms with Crippen molar-refractivity contribution in [2.75, 3.05) is 11.9 Å². The minimum atomic E-state index is -0.316. The van der Waals surface area contributed by atoms with Gasteiger partial charge in [-0.15, -0.1) is 0 Å². The van der Waals surface area contributed by atoms with Crippen LogP contribution in [-0.4, -0.2) is 18.3 Å². The Balaban J connectivity index is 1.71. The van der Waals surface area contributed by atoms with Crippen LogP contribution in [-0.2, 0) is 4.79 Å². The number of ketones is 1. The van der Waals surface area contributed by atoms with Gasteiger partial charge in [0.15, 0.2) is 12.4 Å². The topological polar surface area (TPSA) is 55.4 Å². The van der Waals surface area contributed by atoms with Crippen molar-refractivity contribution < 1.29 is 14.3 Å². The SMILES string of the molecule is Cc1ccc(C)c(OCC(=O)Nc2ccccc2C(=O)c2ccccc2)c1. The summed E-state index contributed by atoms with van der Waals surface area (Å²) in [7, 11) is 0. The normalized spacial score (nSPS) is 10.3. The standard InChI is InChI=1S/C23H21NO3/c1-16-12-13-17(2)21(14-16)27-15-22(25)24-20-11-7-6-10-19(20)23(26)18-8-4-3-5-9-18/h3-14H,15H2,1-2H3,(H,24,25). The van der Waals surface area contributed by atoms with Crippen molar-refractivity contribution in [3.8, 4) is 5.75 Å². The number of aryl methyl sites for hydroxylation is 2. The van der Waals surface area contributed by atoms with Crippen LogP contribution in [0.1, 0.15) is 27.0 Å². The molecule has 3 aromatic rings. The zero-order chi connectivity index (χ0) is 19.2. The molecule has 0 saturated heterocycles. The molecule has 3 aromatic carbocycles. The Bertz CT molecular complexity index is 964. The van der Waals surface area contributed by atoms with Gasteiger partial charge in [0.1, 0.15) is 5.75 Å². The summed E-state index contributed by atoms with van der Waals surface area (Å²) in [4.78, 5) is 25.1. The van der Waals surface area contributed by atoms with Crippen LogP contribution in [0.4, 0.5) is 5.69 Å². The molecule has 0 atom stereocenters. The van der Waals surface area contributed by atoms with Crippen molar-refractivity contribution in [2.45, 2.75) is 13.8 Å². The Morgan fingerprint density at radius 3 is 2.37 bits per heavy atom. The number of amides is 1. The summed E-state index contributed by atoms with van der Waals surface area (Å²) in [5.74, 6) is 0.227. The molecule has 0 spiro atoms. The first-order valence-corrected chi connectivity index (χ1v) is 8.73. The second-order valence-electron chi connectivity index (χ2n) is 6.35. The molecule has 0 saturated carbocycles. The van der Waals surface area contributed by atoms with Gasteiger partial charge in [-0.1, -0.05) is 54.6 Å². The molecule has 0 aliphatic heterocycles. The molecule has 0 aliphatic rings. The molecular weight excluding hydrogens is 338 g/mol. The number of hydrogen-bond donors (Lipinski definition) is 1. The predicted molar refractivity (Wildman–Crippen MR) is 106 cm³/mol. The number of ether oxygens (including phenoxy) is 1. The van der Waals surface area contributed by atoms with Crippen LogP contribution in [0.15, 0.2) is 72.8 Å². The molecule has 0 unspecified atom stereocenters. The Morgan fingerprint density at radius 2 is 1.59 bits per heavy atom. The van der Waals surface area contributed by atoms with Crippen molar-refractivity contribution in [3.63, 3.8) is 0 Å². The molecule has 4 nitrogen and oxygen atoms in total. The van der Waals surface area contributed by atoms with Gasteiger partial charge < -0.3 is 10.1 Å². The highest BCUT2D eigenvalue weighted by atomic mass is 16.5. The summed E-state index contributed by atoms with van der Waals surface area (Å²) in [6, 6.07) is 21.8. The van der Waals surface area contributed by atoms with Crippen LogP contribution in [0.3, 0.4) is 0 Å². The van der Waals surface area contributed by atoms with Gasteiger partial charge in [0.05, 0.1) is 5.69 Å². The van der Waals surface area contributed by atoms with Crippen molar-refractivity contribution in [1.29, 1.82) is 0 Å². The van der Waals surface area contributed by atoms with Gasteiger partial charge in [-0.25, -0.2) is 0 Å². The van der Waals surface area contributed by atoms with Gasteiger partial charge in [0, 0.05) is 11.1 Å². The van der Waals surface area contributed by atoms with E-state index in [1.807, 2.05) is 50.2 Å². The van der Waals surface area contributed by atoms with Crippen LogP contribution < -0.4 is 10.1 Å². The summed E-state index contributed by atoms with van der Waals surface area (Å²) in [5.41, 5.74) is 3.53. The van der Waals surface area contributed by atoms with Crippen LogP contribution in [0.2, 0.25) is 0 Å². The maximum Gasteiger partial charge on any atom is 0.262 e. The van der Waals surface area contributed by atoms with E-state index in [2.05, 4.69) is 5.32 Å². The molecule has 3 rings (SSSR count). The number of anilines is 1. The van der Waals surface area contributed by atoms with Crippen molar-refractivity contribution in [3.05, 3.63) is 95.1 Å². The monoisotopic (exact) mass is 359 g/mol. The molecule has 0 heterocycles. The van der Waals surface area contributed by atoms with E-state index in [1.165, 1.54) is 0 Å². The van der Waals surface area contributed by atoms with E-state index in [1.54, 1.807) is 36.4 Å². The molecule has 27 heavy (non-hydrogen) atoms. The van der Waals surface area contributed by atoms with E-state index in [4.69, 9.17) is 4.74 Å². The molecule has 4 heteroatoms. The van der Waals surface area contributed by atoms with Crippen molar-refractivity contribution in [2.24, 2.45) is 0 Å². The van der Waals surface area contributed by atoms with E-state index >= 15 is 0 Å². The predicted octanol–water partition coefficient (Wildman–Crippen LogP) is 4.55. The number of benzene rings is 3. The maximum atomic E-state index is 12.7. The largest absolute Gasteiger partial charge is 0.483 e. The zero-order valence-electron chi connectivity index (χ0n) is 15.4. The Hall–Kier alpha value is -3.40. The molecule has 0 bridgehead atoms. The van der Waals surface area contributed by atoms with Crippen LogP contribution in [0, 0.1) is 13.8 Å². The third kappa shape index (κ3) is 4.61. The summed E-state index contributed by atoms with van der Waals surface area (Å²) in [6.07, 6.45) is 0. The highest BCUT2D eigenvalue weighted by Crippen LogP contribution is 2.21. The lowest BCUT2D eigenvalue weighted by atomic mass is 10.0. The van der Waals surface area contributed by atoms with E-state index in [-0.39, 0.29) is 18.3 Å². The zero-order valence-corrected chi connectivity index (χ0v) is 15.4. The molecule has 0 aromatic heterocycles. The molecule has 136 valence electrons. The average molecular weight is 359 g/mol. The highest BCUT2D eigenvalue weighted by molar-refractivity contribution is 6.13. The fourth-order valence-electron chi connectivity index (χ4n) is 2.73. The van der Waals surface area contributed by atoms with Gasteiger partial charge in [-0.05, 0) is 43.2 Å². The third-order valence-corrected chi connectivity index (χ3v) is 4.18. The lowest BCUT2D eigenvalue weighted by Gasteiger charge is -2.12. The van der Waals surface area contributed by atoms with Crippen LogP contribution in [0.25, 0.3) is 0 Å². The molecule has 0 aliphatic carbocycles. The summed E-state index contributed by atoms with van der Waals surface area (Å²) < 4.78 is 5.64. The minimum Gasteiger partial charge on any atom is -0.483 e. The Kier molecular flexibility index (Phi) is 5.67. The van der Waals surface area contributed by atoms with Gasteiger partial charge in [0.25, 0.3) is 5.91 Å². The number of carbonyl (C=O) groups excluding carboxylic acids is 2. The molecule has 0 radical (unpaired) electrons. The first kappa shape index (κ1) is 18.4. The Labute approximate surface area is 158 Å². The smallest absolute Gasteiger partial charge is 0.262 e. The summed E-state index contributed by atoms with van der Waals surface area (Å²) in [6.45, 7) is 3.77.